The SMILES string of the molecule is c1ccc(-c2ccccc2-n2c3ccccc3c3cc(-n4c5ccccc5c5c6c(ccc54)C4c5ccccc5C6c5ccccc54)ccc32)cc1. The molecule has 3 aliphatic carbocycles. The maximum atomic E-state index is 2.51. The predicted molar refractivity (Wildman–Crippen MR) is 215 cm³/mol. The topological polar surface area (TPSA) is 9.86 Å². The molecule has 0 unspecified atom stereocenters. The van der Waals surface area contributed by atoms with Crippen LogP contribution in [0.3, 0.4) is 0 Å². The molecule has 0 amide bonds. The van der Waals surface area contributed by atoms with E-state index in [0.29, 0.717) is 0 Å². The number of para-hydroxylation sites is 3. The molecule has 2 heteroatoms. The Labute approximate surface area is 301 Å². The highest BCUT2D eigenvalue weighted by Gasteiger charge is 2.42. The predicted octanol–water partition coefficient (Wildman–Crippen LogP) is 12.5. The Hall–Kier alpha value is -6.64. The molecule has 0 saturated carbocycles. The van der Waals surface area contributed by atoms with Crippen LogP contribution in [0.4, 0.5) is 0 Å². The van der Waals surface area contributed by atoms with E-state index in [-0.39, 0.29) is 11.8 Å². The van der Waals surface area contributed by atoms with E-state index in [1.165, 1.54) is 99.5 Å². The Bertz CT molecular complexity index is 3040. The van der Waals surface area contributed by atoms with Crippen LogP contribution in [0.25, 0.3) is 66.1 Å². The number of fused-ring (bicyclic) bond motifs is 6. The summed E-state index contributed by atoms with van der Waals surface area (Å²) in [6.07, 6.45) is 0. The first-order chi connectivity index (χ1) is 25.8. The third-order valence-corrected chi connectivity index (χ3v) is 11.9. The number of nitrogens with zero attached hydrogens (tertiary/aromatic N) is 2. The van der Waals surface area contributed by atoms with Gasteiger partial charge in [-0.05, 0) is 81.4 Å². The van der Waals surface area contributed by atoms with Crippen LogP contribution in [-0.2, 0) is 0 Å². The molecular weight excluding hydrogens is 629 g/mol. The van der Waals surface area contributed by atoms with Crippen molar-refractivity contribution in [2.45, 2.75) is 11.8 Å². The van der Waals surface area contributed by atoms with Gasteiger partial charge in [-0.15, -0.1) is 0 Å². The van der Waals surface area contributed by atoms with Crippen molar-refractivity contribution in [3.63, 3.8) is 0 Å². The minimum absolute atomic E-state index is 0.209. The van der Waals surface area contributed by atoms with Gasteiger partial charge in [0.05, 0.1) is 27.8 Å². The zero-order valence-corrected chi connectivity index (χ0v) is 28.4. The quantitative estimate of drug-likeness (QED) is 0.178. The molecule has 13 rings (SSSR count). The van der Waals surface area contributed by atoms with Gasteiger partial charge in [-0.2, -0.15) is 0 Å². The van der Waals surface area contributed by atoms with E-state index in [9.17, 15) is 0 Å². The molecule has 2 bridgehead atoms. The lowest BCUT2D eigenvalue weighted by Crippen LogP contribution is -2.27. The standard InChI is InChI=1S/C50H32N2/c1-2-14-31(15-3-1)33-16-8-11-23-42(33)52-43-24-12-9-17-34(43)41-30-32(26-28-45(41)52)51-44-25-13-10-22-39(44)49-46(51)29-27-40-47-35-18-4-6-20-37(35)48(50(40)49)38-21-7-5-19-36(38)47/h1-30,47-48H. The molecule has 0 N–H and O–H groups in total. The fraction of sp³-hybridized carbons (Fsp3) is 0.0400. The van der Waals surface area contributed by atoms with Gasteiger partial charge in [0.25, 0.3) is 0 Å². The minimum atomic E-state index is 0.209. The number of hydrogen-bond donors (Lipinski definition) is 0. The van der Waals surface area contributed by atoms with Gasteiger partial charge in [0, 0.05) is 44.6 Å². The van der Waals surface area contributed by atoms with Gasteiger partial charge in [-0.1, -0.05) is 140 Å². The minimum Gasteiger partial charge on any atom is -0.309 e. The molecule has 2 heterocycles. The highest BCUT2D eigenvalue weighted by Crippen LogP contribution is 2.58. The van der Waals surface area contributed by atoms with Crippen LogP contribution in [-0.4, -0.2) is 9.13 Å². The van der Waals surface area contributed by atoms with E-state index in [2.05, 4.69) is 191 Å². The summed E-state index contributed by atoms with van der Waals surface area (Å²) in [5, 5.41) is 5.20. The van der Waals surface area contributed by atoms with Gasteiger partial charge in [-0.25, -0.2) is 0 Å². The van der Waals surface area contributed by atoms with Gasteiger partial charge < -0.3 is 9.13 Å². The summed E-state index contributed by atoms with van der Waals surface area (Å²) in [4.78, 5) is 0. The normalized spacial score (nSPS) is 15.7. The van der Waals surface area contributed by atoms with Crippen LogP contribution in [0.2, 0.25) is 0 Å². The molecule has 2 nitrogen and oxygen atoms in total. The summed E-state index contributed by atoms with van der Waals surface area (Å²) in [5.74, 6) is 0.459. The van der Waals surface area contributed by atoms with Gasteiger partial charge in [0.2, 0.25) is 0 Å². The third kappa shape index (κ3) is 3.63. The Morgan fingerprint density at radius 1 is 0.346 bits per heavy atom. The smallest absolute Gasteiger partial charge is 0.0544 e. The highest BCUT2D eigenvalue weighted by molar-refractivity contribution is 6.14. The summed E-state index contributed by atoms with van der Waals surface area (Å²) < 4.78 is 4.96. The van der Waals surface area contributed by atoms with Gasteiger partial charge in [-0.3, -0.25) is 0 Å². The Balaban J connectivity index is 1.13. The van der Waals surface area contributed by atoms with Crippen LogP contribution >= 0.6 is 0 Å². The van der Waals surface area contributed by atoms with Crippen molar-refractivity contribution in [1.82, 2.24) is 9.13 Å². The molecule has 242 valence electrons. The second-order valence-electron chi connectivity index (χ2n) is 14.4. The summed E-state index contributed by atoms with van der Waals surface area (Å²) in [6.45, 7) is 0. The van der Waals surface area contributed by atoms with Crippen molar-refractivity contribution in [3.8, 4) is 22.5 Å². The first kappa shape index (κ1) is 28.1. The molecule has 0 spiro atoms. The number of rotatable bonds is 3. The van der Waals surface area contributed by atoms with Crippen molar-refractivity contribution in [2.75, 3.05) is 0 Å². The molecule has 0 atom stereocenters. The molecule has 2 aromatic heterocycles. The maximum Gasteiger partial charge on any atom is 0.0544 e. The second kappa shape index (κ2) is 10.4. The third-order valence-electron chi connectivity index (χ3n) is 11.9. The lowest BCUT2D eigenvalue weighted by molar-refractivity contribution is 0.761. The Morgan fingerprint density at radius 3 is 1.65 bits per heavy atom. The summed E-state index contributed by atoms with van der Waals surface area (Å²) in [5.41, 5.74) is 18.5. The molecule has 0 radical (unpaired) electrons. The van der Waals surface area contributed by atoms with Crippen molar-refractivity contribution in [3.05, 3.63) is 215 Å². The monoisotopic (exact) mass is 660 g/mol. The van der Waals surface area contributed by atoms with E-state index in [1.54, 1.807) is 0 Å². The molecule has 10 aromatic rings. The largest absolute Gasteiger partial charge is 0.309 e. The number of hydrogen-bond acceptors (Lipinski definition) is 0. The fourth-order valence-electron chi connectivity index (χ4n) is 9.89. The zero-order chi connectivity index (χ0) is 33.9. The van der Waals surface area contributed by atoms with E-state index in [0.717, 1.165) is 0 Å². The van der Waals surface area contributed by atoms with E-state index in [4.69, 9.17) is 0 Å². The van der Waals surface area contributed by atoms with E-state index < -0.39 is 0 Å². The summed E-state index contributed by atoms with van der Waals surface area (Å²) in [7, 11) is 0. The van der Waals surface area contributed by atoms with Crippen LogP contribution in [0.15, 0.2) is 182 Å². The first-order valence-corrected chi connectivity index (χ1v) is 18.3. The molecule has 8 aromatic carbocycles. The molecule has 0 fully saturated rings. The van der Waals surface area contributed by atoms with E-state index in [1.807, 2.05) is 0 Å². The van der Waals surface area contributed by atoms with E-state index >= 15 is 0 Å². The molecule has 52 heavy (non-hydrogen) atoms. The molecular formula is C50H32N2. The van der Waals surface area contributed by atoms with Crippen molar-refractivity contribution >= 4 is 43.6 Å². The van der Waals surface area contributed by atoms with Gasteiger partial charge in [0.15, 0.2) is 0 Å². The Morgan fingerprint density at radius 2 is 0.904 bits per heavy atom. The average Bonchev–Trinajstić information content (AvgIpc) is 3.73. The Kier molecular flexibility index (Phi) is 5.64. The van der Waals surface area contributed by atoms with Crippen LogP contribution in [0.5, 0.6) is 0 Å². The molecule has 0 aliphatic heterocycles. The maximum absolute atomic E-state index is 2.51. The van der Waals surface area contributed by atoms with Crippen LogP contribution in [0, 0.1) is 0 Å². The van der Waals surface area contributed by atoms with Gasteiger partial charge in [0.1, 0.15) is 0 Å². The highest BCUT2D eigenvalue weighted by atomic mass is 15.0. The summed E-state index contributed by atoms with van der Waals surface area (Å²) in [6, 6.07) is 67.6. The lowest BCUT2D eigenvalue weighted by Gasteiger charge is -2.42. The fourth-order valence-corrected chi connectivity index (χ4v) is 9.89. The number of benzene rings is 8. The first-order valence-electron chi connectivity index (χ1n) is 18.3. The molecule has 3 aliphatic rings. The van der Waals surface area contributed by atoms with Crippen molar-refractivity contribution in [1.29, 1.82) is 0 Å². The molecule has 0 saturated heterocycles. The van der Waals surface area contributed by atoms with Crippen molar-refractivity contribution in [2.24, 2.45) is 0 Å². The van der Waals surface area contributed by atoms with Crippen LogP contribution in [0.1, 0.15) is 45.2 Å². The number of aromatic nitrogens is 2. The van der Waals surface area contributed by atoms with Gasteiger partial charge >= 0.3 is 0 Å². The van der Waals surface area contributed by atoms with Crippen molar-refractivity contribution < 1.29 is 0 Å². The summed E-state index contributed by atoms with van der Waals surface area (Å²) >= 11 is 0. The second-order valence-corrected chi connectivity index (χ2v) is 14.4. The lowest BCUT2D eigenvalue weighted by atomic mass is 9.60. The average molecular weight is 661 g/mol. The van der Waals surface area contributed by atoms with Crippen LogP contribution < -0.4 is 0 Å². The zero-order valence-electron chi connectivity index (χ0n) is 28.4.